The summed E-state index contributed by atoms with van der Waals surface area (Å²) in [6, 6.07) is 66.4. The molecular formula is C52H35N. The Hall–Kier alpha value is -6.44. The smallest absolute Gasteiger partial charge is 0.0760 e. The molecule has 12 rings (SSSR count). The fourth-order valence-corrected chi connectivity index (χ4v) is 10.6. The summed E-state index contributed by atoms with van der Waals surface area (Å²) in [4.78, 5) is 0. The zero-order valence-electron chi connectivity index (χ0n) is 29.7. The van der Waals surface area contributed by atoms with E-state index in [2.05, 4.69) is 194 Å². The number of rotatable bonds is 2. The lowest BCUT2D eigenvalue weighted by Crippen LogP contribution is -2.34. The lowest BCUT2D eigenvalue weighted by molar-refractivity contribution is 0.660. The molecule has 0 fully saturated rings. The van der Waals surface area contributed by atoms with Gasteiger partial charge in [-0.1, -0.05) is 172 Å². The van der Waals surface area contributed by atoms with Crippen molar-refractivity contribution in [1.82, 2.24) is 4.57 Å². The Balaban J connectivity index is 1.09. The van der Waals surface area contributed by atoms with E-state index in [1.165, 1.54) is 105 Å². The minimum absolute atomic E-state index is 0.0271. The third kappa shape index (κ3) is 3.53. The first-order valence-corrected chi connectivity index (χ1v) is 18.8. The van der Waals surface area contributed by atoms with Gasteiger partial charge in [-0.3, -0.25) is 0 Å². The van der Waals surface area contributed by atoms with Crippen molar-refractivity contribution in [2.45, 2.75) is 24.7 Å². The topological polar surface area (TPSA) is 4.93 Å². The standard InChI is InChI=1S/C52H35N/c1-51(2)42-19-6-3-13-36(42)38-30-29-34(31-46(38)51)32-25-27-33(28-26-32)35-16-11-17-40-37-14-4-7-20-43(37)52(49(35)40)44-21-8-10-24-48(44)53-47-23-9-5-15-39(47)41-18-12-22-45(52)50(41)53/h3-31H,1-2H3. The van der Waals surface area contributed by atoms with Crippen LogP contribution in [-0.2, 0) is 10.8 Å². The quantitative estimate of drug-likeness (QED) is 0.172. The highest BCUT2D eigenvalue weighted by Crippen LogP contribution is 2.63. The molecule has 3 aliphatic rings. The van der Waals surface area contributed by atoms with Crippen LogP contribution in [0.2, 0.25) is 0 Å². The average Bonchev–Trinajstić information content (AvgIpc) is 3.79. The first kappa shape index (κ1) is 29.2. The molecule has 2 aliphatic carbocycles. The Bertz CT molecular complexity index is 3030. The highest BCUT2D eigenvalue weighted by Gasteiger charge is 2.52. The summed E-state index contributed by atoms with van der Waals surface area (Å²) in [5.41, 5.74) is 21.9. The normalized spacial score (nSPS) is 16.7. The van der Waals surface area contributed by atoms with E-state index in [1.54, 1.807) is 0 Å². The first-order chi connectivity index (χ1) is 26.1. The zero-order valence-corrected chi connectivity index (χ0v) is 29.7. The van der Waals surface area contributed by atoms with Crippen molar-refractivity contribution in [2.24, 2.45) is 0 Å². The number of benzene rings is 8. The highest BCUT2D eigenvalue weighted by atomic mass is 15.0. The van der Waals surface area contributed by atoms with Crippen molar-refractivity contribution in [1.29, 1.82) is 0 Å². The van der Waals surface area contributed by atoms with Gasteiger partial charge in [-0.15, -0.1) is 0 Å². The molecular weight excluding hydrogens is 639 g/mol. The fourth-order valence-electron chi connectivity index (χ4n) is 10.6. The van der Waals surface area contributed by atoms with E-state index in [0.717, 1.165) is 0 Å². The Kier molecular flexibility index (Phi) is 5.57. The molecule has 0 saturated heterocycles. The molecule has 53 heavy (non-hydrogen) atoms. The lowest BCUT2D eigenvalue weighted by atomic mass is 9.64. The summed E-state index contributed by atoms with van der Waals surface area (Å²) in [6.07, 6.45) is 0. The monoisotopic (exact) mass is 673 g/mol. The molecule has 248 valence electrons. The van der Waals surface area contributed by atoms with Gasteiger partial charge in [0.15, 0.2) is 0 Å². The van der Waals surface area contributed by atoms with Crippen molar-refractivity contribution in [3.8, 4) is 50.2 Å². The molecule has 0 bridgehead atoms. The van der Waals surface area contributed by atoms with Crippen LogP contribution in [0.15, 0.2) is 176 Å². The van der Waals surface area contributed by atoms with Crippen LogP contribution in [0.3, 0.4) is 0 Å². The van der Waals surface area contributed by atoms with E-state index in [1.807, 2.05) is 0 Å². The molecule has 0 N–H and O–H groups in total. The third-order valence-corrected chi connectivity index (χ3v) is 12.8. The van der Waals surface area contributed by atoms with Gasteiger partial charge in [0.1, 0.15) is 0 Å². The van der Waals surface area contributed by atoms with Crippen molar-refractivity contribution < 1.29 is 0 Å². The molecule has 1 unspecified atom stereocenters. The predicted octanol–water partition coefficient (Wildman–Crippen LogP) is 13.1. The van der Waals surface area contributed by atoms with Gasteiger partial charge in [0.2, 0.25) is 0 Å². The maximum Gasteiger partial charge on any atom is 0.0760 e. The average molecular weight is 674 g/mol. The van der Waals surface area contributed by atoms with Crippen molar-refractivity contribution in [2.75, 3.05) is 0 Å². The van der Waals surface area contributed by atoms with Crippen LogP contribution >= 0.6 is 0 Å². The molecule has 1 aromatic heterocycles. The SMILES string of the molecule is CC1(C)c2ccccc2-c2ccc(-c3ccc(-c4cccc5c4C4(c6ccccc6-5)c5ccccc5-n5c6ccccc6c6cccc4c65)cc3)cc21. The first-order valence-electron chi connectivity index (χ1n) is 18.8. The zero-order chi connectivity index (χ0) is 35.1. The van der Waals surface area contributed by atoms with E-state index in [0.29, 0.717) is 0 Å². The number of aromatic nitrogens is 1. The molecule has 2 heterocycles. The maximum absolute atomic E-state index is 2.52. The fraction of sp³-hybridized carbons (Fsp3) is 0.0769. The minimum atomic E-state index is -0.484. The number of nitrogens with zero attached hydrogens (tertiary/aromatic N) is 1. The van der Waals surface area contributed by atoms with Gasteiger partial charge >= 0.3 is 0 Å². The largest absolute Gasteiger partial charge is 0.309 e. The van der Waals surface area contributed by atoms with Crippen LogP contribution < -0.4 is 0 Å². The molecule has 9 aromatic rings. The molecule has 1 spiro atoms. The number of hydrogen-bond donors (Lipinski definition) is 0. The van der Waals surface area contributed by atoms with E-state index in [9.17, 15) is 0 Å². The number of para-hydroxylation sites is 3. The van der Waals surface area contributed by atoms with Crippen molar-refractivity contribution in [3.05, 3.63) is 209 Å². The van der Waals surface area contributed by atoms with Crippen LogP contribution in [0.4, 0.5) is 0 Å². The van der Waals surface area contributed by atoms with Crippen molar-refractivity contribution in [3.63, 3.8) is 0 Å². The van der Waals surface area contributed by atoms with Crippen LogP contribution in [0.1, 0.15) is 47.2 Å². The summed E-state index contributed by atoms with van der Waals surface area (Å²) < 4.78 is 2.52. The number of fused-ring (bicyclic) bond motifs is 15. The Labute approximate surface area is 309 Å². The summed E-state index contributed by atoms with van der Waals surface area (Å²) in [7, 11) is 0. The highest BCUT2D eigenvalue weighted by molar-refractivity contribution is 6.13. The molecule has 1 aliphatic heterocycles. The predicted molar refractivity (Wildman–Crippen MR) is 220 cm³/mol. The molecule has 1 heteroatoms. The van der Waals surface area contributed by atoms with Crippen LogP contribution in [0, 0.1) is 0 Å². The second-order valence-corrected chi connectivity index (χ2v) is 15.6. The minimum Gasteiger partial charge on any atom is -0.309 e. The van der Waals surface area contributed by atoms with Gasteiger partial charge in [-0.25, -0.2) is 0 Å². The summed E-state index contributed by atoms with van der Waals surface area (Å²) in [5.74, 6) is 0. The molecule has 0 radical (unpaired) electrons. The van der Waals surface area contributed by atoms with E-state index in [-0.39, 0.29) is 5.41 Å². The van der Waals surface area contributed by atoms with Crippen LogP contribution in [-0.4, -0.2) is 4.57 Å². The van der Waals surface area contributed by atoms with Gasteiger partial charge in [0.25, 0.3) is 0 Å². The maximum atomic E-state index is 2.52. The summed E-state index contributed by atoms with van der Waals surface area (Å²) in [6.45, 7) is 4.72. The van der Waals surface area contributed by atoms with E-state index >= 15 is 0 Å². The van der Waals surface area contributed by atoms with Crippen LogP contribution in [0.25, 0.3) is 72.0 Å². The third-order valence-electron chi connectivity index (χ3n) is 12.8. The Morgan fingerprint density at radius 1 is 0.377 bits per heavy atom. The van der Waals surface area contributed by atoms with Gasteiger partial charge in [0, 0.05) is 16.2 Å². The lowest BCUT2D eigenvalue weighted by Gasteiger charge is -2.40. The molecule has 0 saturated carbocycles. The van der Waals surface area contributed by atoms with Gasteiger partial charge < -0.3 is 4.57 Å². The molecule has 1 atom stereocenters. The van der Waals surface area contributed by atoms with Gasteiger partial charge in [-0.2, -0.15) is 0 Å². The summed E-state index contributed by atoms with van der Waals surface area (Å²) >= 11 is 0. The van der Waals surface area contributed by atoms with Gasteiger partial charge in [0.05, 0.1) is 22.1 Å². The van der Waals surface area contributed by atoms with E-state index < -0.39 is 5.41 Å². The van der Waals surface area contributed by atoms with Crippen LogP contribution in [0.5, 0.6) is 0 Å². The summed E-state index contributed by atoms with van der Waals surface area (Å²) in [5, 5.41) is 2.60. The van der Waals surface area contributed by atoms with Gasteiger partial charge in [-0.05, 0) is 96.1 Å². The Morgan fingerprint density at radius 2 is 0.943 bits per heavy atom. The molecule has 8 aromatic carbocycles. The molecule has 0 amide bonds. The van der Waals surface area contributed by atoms with E-state index in [4.69, 9.17) is 0 Å². The molecule has 1 nitrogen and oxygen atoms in total. The number of hydrogen-bond acceptors (Lipinski definition) is 0. The Morgan fingerprint density at radius 3 is 1.79 bits per heavy atom. The second-order valence-electron chi connectivity index (χ2n) is 15.6. The second kappa shape index (κ2) is 10.1. The van der Waals surface area contributed by atoms with Crippen molar-refractivity contribution >= 4 is 21.8 Å².